The molecular weight excluding hydrogens is 322 g/mol. The third-order valence-corrected chi connectivity index (χ3v) is 3.39. The van der Waals surface area contributed by atoms with Crippen molar-refractivity contribution in [2.75, 3.05) is 13.6 Å². The zero-order chi connectivity index (χ0) is 16.8. The van der Waals surface area contributed by atoms with Crippen LogP contribution >= 0.6 is 11.6 Å². The lowest BCUT2D eigenvalue weighted by Crippen LogP contribution is -2.32. The Balaban J connectivity index is 1.92. The van der Waals surface area contributed by atoms with Crippen LogP contribution in [0, 0.1) is 0 Å². The van der Waals surface area contributed by atoms with Crippen molar-refractivity contribution in [1.29, 1.82) is 0 Å². The second-order valence-electron chi connectivity index (χ2n) is 4.96. The first-order valence-corrected chi connectivity index (χ1v) is 7.33. The third kappa shape index (κ3) is 5.03. The molecule has 0 bridgehead atoms. The number of carbonyl (C=O) groups excluding carboxylic acids is 1. The Kier molecular flexibility index (Phi) is 5.64. The summed E-state index contributed by atoms with van der Waals surface area (Å²) in [5, 5.41) is 21.1. The Hall–Kier alpha value is -2.48. The zero-order valence-corrected chi connectivity index (χ0v) is 13.3. The Morgan fingerprint density at radius 3 is 2.65 bits per heavy atom. The molecule has 0 saturated heterocycles. The molecule has 1 N–H and O–H groups in total. The monoisotopic (exact) mass is 337 g/mol. The number of hydrogen-bond donors (Lipinski definition) is 1. The molecule has 0 aliphatic rings. The quantitative estimate of drug-likeness (QED) is 0.817. The van der Waals surface area contributed by atoms with Gasteiger partial charge in [-0.25, -0.2) is 0 Å². The largest absolute Gasteiger partial charge is 0.481 e. The first-order valence-electron chi connectivity index (χ1n) is 6.95. The van der Waals surface area contributed by atoms with Gasteiger partial charge in [0.05, 0.1) is 0 Å². The van der Waals surface area contributed by atoms with Gasteiger partial charge in [0.25, 0.3) is 0 Å². The van der Waals surface area contributed by atoms with E-state index in [0.717, 1.165) is 5.56 Å². The maximum Gasteiger partial charge on any atom is 0.303 e. The van der Waals surface area contributed by atoms with Crippen molar-refractivity contribution in [2.45, 2.75) is 19.4 Å². The molecule has 122 valence electrons. The summed E-state index contributed by atoms with van der Waals surface area (Å²) in [5.74, 6) is -0.685. The second kappa shape index (κ2) is 7.68. The van der Waals surface area contributed by atoms with Crippen LogP contribution in [0.1, 0.15) is 12.8 Å². The molecule has 0 aliphatic carbocycles. The smallest absolute Gasteiger partial charge is 0.303 e. The fourth-order valence-corrected chi connectivity index (χ4v) is 1.98. The van der Waals surface area contributed by atoms with Gasteiger partial charge in [-0.05, 0) is 35.9 Å². The summed E-state index contributed by atoms with van der Waals surface area (Å²) in [5.41, 5.74) is 0.753. The van der Waals surface area contributed by atoms with Gasteiger partial charge in [-0.15, -0.1) is 10.2 Å². The fraction of sp³-hybridized carbons (Fsp3) is 0.357. The molecule has 0 unspecified atom stereocenters. The maximum atomic E-state index is 12.0. The van der Waals surface area contributed by atoms with Crippen molar-refractivity contribution < 1.29 is 14.7 Å². The molecule has 0 saturated carbocycles. The second-order valence-corrected chi connectivity index (χ2v) is 5.40. The number of carbonyl (C=O) groups is 2. The van der Waals surface area contributed by atoms with Gasteiger partial charge in [0.2, 0.25) is 11.7 Å². The molecule has 23 heavy (non-hydrogen) atoms. The Labute approximate surface area is 137 Å². The molecule has 8 nitrogen and oxygen atoms in total. The van der Waals surface area contributed by atoms with Gasteiger partial charge >= 0.3 is 5.97 Å². The van der Waals surface area contributed by atoms with Crippen molar-refractivity contribution in [1.82, 2.24) is 25.1 Å². The number of halogens is 1. The topological polar surface area (TPSA) is 101 Å². The minimum atomic E-state index is -0.878. The molecule has 0 aliphatic heterocycles. The van der Waals surface area contributed by atoms with E-state index in [-0.39, 0.29) is 18.9 Å². The van der Waals surface area contributed by atoms with Gasteiger partial charge in [0, 0.05) is 30.6 Å². The number of benzene rings is 1. The van der Waals surface area contributed by atoms with Crippen molar-refractivity contribution in [3.05, 3.63) is 29.3 Å². The highest BCUT2D eigenvalue weighted by atomic mass is 35.5. The first kappa shape index (κ1) is 16.9. The average molecular weight is 338 g/mol. The number of aliphatic carboxylic acids is 1. The number of carboxylic acid groups (broad SMARTS) is 1. The molecule has 1 aromatic heterocycles. The van der Waals surface area contributed by atoms with E-state index in [9.17, 15) is 9.59 Å². The highest BCUT2D eigenvalue weighted by Crippen LogP contribution is 2.16. The van der Waals surface area contributed by atoms with Crippen LogP contribution in [0.5, 0.6) is 0 Å². The standard InChI is InChI=1S/C14H16ClN5O3/c1-19(8-2-3-13(22)23)12(21)9-20-17-14(16-18-20)10-4-6-11(15)7-5-10/h4-7H,2-3,8-9H2,1H3,(H,22,23). The van der Waals surface area contributed by atoms with Crippen LogP contribution in [-0.2, 0) is 16.1 Å². The molecule has 0 radical (unpaired) electrons. The van der Waals surface area contributed by atoms with Gasteiger partial charge in [0.1, 0.15) is 6.54 Å². The number of hydrogen-bond acceptors (Lipinski definition) is 5. The van der Waals surface area contributed by atoms with E-state index >= 15 is 0 Å². The van der Waals surface area contributed by atoms with E-state index in [4.69, 9.17) is 16.7 Å². The minimum absolute atomic E-state index is 0.0277. The van der Waals surface area contributed by atoms with Crippen molar-refractivity contribution >= 4 is 23.5 Å². The van der Waals surface area contributed by atoms with Crippen molar-refractivity contribution in [3.63, 3.8) is 0 Å². The maximum absolute atomic E-state index is 12.0. The lowest BCUT2D eigenvalue weighted by Gasteiger charge is -2.15. The molecule has 0 spiro atoms. The lowest BCUT2D eigenvalue weighted by atomic mass is 10.2. The predicted octanol–water partition coefficient (Wildman–Crippen LogP) is 1.32. The molecule has 2 aromatic rings. The number of tetrazole rings is 1. The van der Waals surface area contributed by atoms with Crippen LogP contribution in [-0.4, -0.2) is 55.7 Å². The van der Waals surface area contributed by atoms with Crippen molar-refractivity contribution in [3.8, 4) is 11.4 Å². The molecule has 9 heteroatoms. The van der Waals surface area contributed by atoms with E-state index in [2.05, 4.69) is 15.4 Å². The Morgan fingerprint density at radius 1 is 1.30 bits per heavy atom. The lowest BCUT2D eigenvalue weighted by molar-refractivity contribution is -0.138. The number of nitrogens with zero attached hydrogens (tertiary/aromatic N) is 5. The van der Waals surface area contributed by atoms with Gasteiger partial charge in [0.15, 0.2) is 0 Å². The molecule has 0 atom stereocenters. The third-order valence-electron chi connectivity index (χ3n) is 3.14. The summed E-state index contributed by atoms with van der Waals surface area (Å²) in [4.78, 5) is 25.1. The van der Waals surface area contributed by atoms with E-state index < -0.39 is 5.97 Å². The average Bonchev–Trinajstić information content (AvgIpc) is 2.96. The normalized spacial score (nSPS) is 10.5. The number of rotatable bonds is 7. The number of aromatic nitrogens is 4. The van der Waals surface area contributed by atoms with Crippen LogP contribution in [0.4, 0.5) is 0 Å². The molecule has 1 heterocycles. The number of likely N-dealkylation sites (N-methyl/N-ethyl adjacent to an activating group) is 1. The Morgan fingerprint density at radius 2 is 2.00 bits per heavy atom. The van der Waals surface area contributed by atoms with Gasteiger partial charge in [-0.3, -0.25) is 9.59 Å². The number of amides is 1. The molecule has 1 amide bonds. The van der Waals surface area contributed by atoms with Crippen LogP contribution in [0.25, 0.3) is 11.4 Å². The summed E-state index contributed by atoms with van der Waals surface area (Å²) in [6.45, 7) is 0.314. The summed E-state index contributed by atoms with van der Waals surface area (Å²) in [6, 6.07) is 6.98. The van der Waals surface area contributed by atoms with Gasteiger partial charge in [-0.1, -0.05) is 11.6 Å². The van der Waals surface area contributed by atoms with Crippen LogP contribution in [0.15, 0.2) is 24.3 Å². The highest BCUT2D eigenvalue weighted by molar-refractivity contribution is 6.30. The van der Waals surface area contributed by atoms with E-state index in [0.29, 0.717) is 23.8 Å². The van der Waals surface area contributed by atoms with E-state index in [1.807, 2.05) is 0 Å². The molecular formula is C14H16ClN5O3. The van der Waals surface area contributed by atoms with Crippen LogP contribution in [0.2, 0.25) is 5.02 Å². The minimum Gasteiger partial charge on any atom is -0.481 e. The predicted molar refractivity (Wildman–Crippen MR) is 82.8 cm³/mol. The van der Waals surface area contributed by atoms with Crippen LogP contribution < -0.4 is 0 Å². The molecule has 1 aromatic carbocycles. The van der Waals surface area contributed by atoms with Crippen molar-refractivity contribution in [2.24, 2.45) is 0 Å². The fourth-order valence-electron chi connectivity index (χ4n) is 1.86. The summed E-state index contributed by atoms with van der Waals surface area (Å²) >= 11 is 5.82. The highest BCUT2D eigenvalue weighted by Gasteiger charge is 2.13. The van der Waals surface area contributed by atoms with Crippen LogP contribution in [0.3, 0.4) is 0 Å². The van der Waals surface area contributed by atoms with Gasteiger partial charge < -0.3 is 10.0 Å². The van der Waals surface area contributed by atoms with E-state index in [1.165, 1.54) is 9.70 Å². The molecule has 0 fully saturated rings. The summed E-state index contributed by atoms with van der Waals surface area (Å²) in [6.07, 6.45) is 0.429. The SMILES string of the molecule is CN(CCCC(=O)O)C(=O)Cn1nnc(-c2ccc(Cl)cc2)n1. The first-order chi connectivity index (χ1) is 11.0. The summed E-state index contributed by atoms with van der Waals surface area (Å²) < 4.78 is 0. The van der Waals surface area contributed by atoms with E-state index in [1.54, 1.807) is 31.3 Å². The number of carboxylic acids is 1. The zero-order valence-electron chi connectivity index (χ0n) is 12.5. The molecule has 2 rings (SSSR count). The summed E-state index contributed by atoms with van der Waals surface area (Å²) in [7, 11) is 1.61. The Bertz CT molecular complexity index is 686. The van der Waals surface area contributed by atoms with Gasteiger partial charge in [-0.2, -0.15) is 4.80 Å².